The molecule has 4 aromatic rings. The number of thiol groups is 1. The number of rotatable bonds is 7. The molecule has 0 fully saturated rings. The van der Waals surface area contributed by atoms with Gasteiger partial charge in [-0.15, -0.1) is 0 Å². The average molecular weight is 395 g/mol. The number of hydrogen-bond acceptors (Lipinski definition) is 1. The van der Waals surface area contributed by atoms with Crippen LogP contribution in [0.3, 0.4) is 0 Å². The Kier molecular flexibility index (Phi) is 6.17. The molecule has 0 radical (unpaired) electrons. The first-order chi connectivity index (χ1) is 14.3. The molecular formula is C28H26S. The van der Waals surface area contributed by atoms with Gasteiger partial charge in [-0.1, -0.05) is 121 Å². The summed E-state index contributed by atoms with van der Waals surface area (Å²) in [5, 5.41) is 0. The Morgan fingerprint density at radius 2 is 0.862 bits per heavy atom. The van der Waals surface area contributed by atoms with E-state index in [0.29, 0.717) is 5.92 Å². The molecule has 0 aliphatic rings. The Morgan fingerprint density at radius 3 is 1.24 bits per heavy atom. The van der Waals surface area contributed by atoms with E-state index in [-0.39, 0.29) is 4.75 Å². The van der Waals surface area contributed by atoms with Gasteiger partial charge in [0.25, 0.3) is 0 Å². The Hall–Kier alpha value is -2.77. The third kappa shape index (κ3) is 4.46. The predicted octanol–water partition coefficient (Wildman–Crippen LogP) is 7.47. The van der Waals surface area contributed by atoms with Crippen LogP contribution in [0.4, 0.5) is 0 Å². The highest BCUT2D eigenvalue weighted by atomic mass is 32.1. The molecule has 0 bridgehead atoms. The largest absolute Gasteiger partial charge is 0.163 e. The summed E-state index contributed by atoms with van der Waals surface area (Å²) in [4.78, 5) is 0. The van der Waals surface area contributed by atoms with E-state index in [9.17, 15) is 0 Å². The van der Waals surface area contributed by atoms with Crippen LogP contribution in [0.2, 0.25) is 0 Å². The van der Waals surface area contributed by atoms with E-state index >= 15 is 0 Å². The van der Waals surface area contributed by atoms with Crippen LogP contribution in [0.25, 0.3) is 0 Å². The molecule has 0 amide bonds. The summed E-state index contributed by atoms with van der Waals surface area (Å²) in [5.41, 5.74) is 5.20. The maximum absolute atomic E-state index is 5.30. The summed E-state index contributed by atoms with van der Waals surface area (Å²) in [6.07, 6.45) is 1.96. The Labute approximate surface area is 179 Å². The van der Waals surface area contributed by atoms with E-state index in [1.165, 1.54) is 22.3 Å². The molecule has 29 heavy (non-hydrogen) atoms. The highest BCUT2D eigenvalue weighted by Crippen LogP contribution is 2.43. The van der Waals surface area contributed by atoms with Crippen LogP contribution >= 0.6 is 12.6 Å². The SMILES string of the molecule is SC(CCC(c1ccccc1)c1ccccc1)(c1ccccc1)c1ccccc1. The second kappa shape index (κ2) is 9.15. The smallest absolute Gasteiger partial charge is 0.0627 e. The first-order valence-electron chi connectivity index (χ1n) is 10.2. The molecule has 0 saturated carbocycles. The normalized spacial score (nSPS) is 11.5. The summed E-state index contributed by atoms with van der Waals surface area (Å²) in [6.45, 7) is 0. The van der Waals surface area contributed by atoms with Crippen molar-refractivity contribution in [3.8, 4) is 0 Å². The molecule has 0 aromatic heterocycles. The maximum atomic E-state index is 5.30. The minimum atomic E-state index is -0.329. The minimum Gasteiger partial charge on any atom is -0.163 e. The molecule has 4 rings (SSSR count). The van der Waals surface area contributed by atoms with Crippen LogP contribution in [0.1, 0.15) is 41.0 Å². The Balaban J connectivity index is 1.70. The van der Waals surface area contributed by atoms with Gasteiger partial charge in [-0.3, -0.25) is 0 Å². The lowest BCUT2D eigenvalue weighted by molar-refractivity contribution is 0.581. The van der Waals surface area contributed by atoms with E-state index in [2.05, 4.69) is 121 Å². The van der Waals surface area contributed by atoms with Crippen LogP contribution in [0, 0.1) is 0 Å². The maximum Gasteiger partial charge on any atom is 0.0627 e. The van der Waals surface area contributed by atoms with Gasteiger partial charge in [-0.2, -0.15) is 12.6 Å². The van der Waals surface area contributed by atoms with Crippen LogP contribution in [-0.4, -0.2) is 0 Å². The van der Waals surface area contributed by atoms with Gasteiger partial charge in [0, 0.05) is 5.92 Å². The zero-order chi connectivity index (χ0) is 19.9. The molecule has 0 aliphatic carbocycles. The molecule has 144 valence electrons. The van der Waals surface area contributed by atoms with E-state index < -0.39 is 0 Å². The van der Waals surface area contributed by atoms with E-state index in [1.54, 1.807) is 0 Å². The van der Waals surface area contributed by atoms with Crippen molar-refractivity contribution in [3.05, 3.63) is 144 Å². The summed E-state index contributed by atoms with van der Waals surface area (Å²) >= 11 is 5.30. The third-order valence-corrected chi connectivity index (χ3v) is 6.44. The first kappa shape index (κ1) is 19.5. The second-order valence-corrected chi connectivity index (χ2v) is 8.27. The molecule has 0 saturated heterocycles. The number of benzene rings is 4. The van der Waals surface area contributed by atoms with Gasteiger partial charge < -0.3 is 0 Å². The third-order valence-electron chi connectivity index (χ3n) is 5.70. The highest BCUT2D eigenvalue weighted by molar-refractivity contribution is 7.81. The second-order valence-electron chi connectivity index (χ2n) is 7.50. The van der Waals surface area contributed by atoms with Gasteiger partial charge in [0.05, 0.1) is 4.75 Å². The molecule has 0 N–H and O–H groups in total. The van der Waals surface area contributed by atoms with Crippen molar-refractivity contribution in [2.75, 3.05) is 0 Å². The fourth-order valence-electron chi connectivity index (χ4n) is 4.13. The van der Waals surface area contributed by atoms with Gasteiger partial charge in [-0.05, 0) is 35.1 Å². The first-order valence-corrected chi connectivity index (χ1v) is 10.7. The van der Waals surface area contributed by atoms with Crippen molar-refractivity contribution >= 4 is 12.6 Å². The minimum absolute atomic E-state index is 0.329. The predicted molar refractivity (Wildman–Crippen MR) is 127 cm³/mol. The summed E-state index contributed by atoms with van der Waals surface area (Å²) in [5.74, 6) is 0.344. The summed E-state index contributed by atoms with van der Waals surface area (Å²) in [6, 6.07) is 43.0. The van der Waals surface area contributed by atoms with Crippen molar-refractivity contribution in [1.29, 1.82) is 0 Å². The van der Waals surface area contributed by atoms with E-state index in [0.717, 1.165) is 12.8 Å². The summed E-state index contributed by atoms with van der Waals surface area (Å²) in [7, 11) is 0. The van der Waals surface area contributed by atoms with Crippen LogP contribution in [-0.2, 0) is 4.75 Å². The Bertz CT molecular complexity index is 916. The quantitative estimate of drug-likeness (QED) is 0.309. The van der Waals surface area contributed by atoms with Crippen LogP contribution < -0.4 is 0 Å². The zero-order valence-electron chi connectivity index (χ0n) is 16.5. The standard InChI is InChI=1S/C28H26S/c29-28(25-17-9-3-10-18-25,26-19-11-4-12-20-26)22-21-27(23-13-5-1-6-14-23)24-15-7-2-8-16-24/h1-20,27,29H,21-22H2. The topological polar surface area (TPSA) is 0 Å². The summed E-state index contributed by atoms with van der Waals surface area (Å²) < 4.78 is -0.329. The number of hydrogen-bond donors (Lipinski definition) is 1. The molecule has 1 heteroatoms. The monoisotopic (exact) mass is 394 g/mol. The van der Waals surface area contributed by atoms with E-state index in [1.807, 2.05) is 0 Å². The fraction of sp³-hybridized carbons (Fsp3) is 0.143. The molecule has 0 atom stereocenters. The van der Waals surface area contributed by atoms with Crippen molar-refractivity contribution in [2.45, 2.75) is 23.5 Å². The highest BCUT2D eigenvalue weighted by Gasteiger charge is 2.31. The van der Waals surface area contributed by atoms with Crippen molar-refractivity contribution in [1.82, 2.24) is 0 Å². The van der Waals surface area contributed by atoms with Gasteiger partial charge in [0.15, 0.2) is 0 Å². The lowest BCUT2D eigenvalue weighted by Gasteiger charge is -2.32. The van der Waals surface area contributed by atoms with Gasteiger partial charge in [0.2, 0.25) is 0 Å². The molecule has 4 aromatic carbocycles. The molecule has 0 aliphatic heterocycles. The average Bonchev–Trinajstić information content (AvgIpc) is 2.81. The van der Waals surface area contributed by atoms with E-state index in [4.69, 9.17) is 12.6 Å². The lowest BCUT2D eigenvalue weighted by atomic mass is 9.80. The van der Waals surface area contributed by atoms with Gasteiger partial charge in [-0.25, -0.2) is 0 Å². The molecule has 0 unspecified atom stereocenters. The molecule has 0 nitrogen and oxygen atoms in total. The van der Waals surface area contributed by atoms with Crippen molar-refractivity contribution in [2.24, 2.45) is 0 Å². The zero-order valence-corrected chi connectivity index (χ0v) is 17.4. The van der Waals surface area contributed by atoms with Crippen molar-refractivity contribution in [3.63, 3.8) is 0 Å². The fourth-order valence-corrected chi connectivity index (χ4v) is 4.56. The molecule has 0 heterocycles. The van der Waals surface area contributed by atoms with Crippen LogP contribution in [0.15, 0.2) is 121 Å². The molecular weight excluding hydrogens is 368 g/mol. The Morgan fingerprint density at radius 1 is 0.517 bits per heavy atom. The van der Waals surface area contributed by atoms with Gasteiger partial charge in [0.1, 0.15) is 0 Å². The lowest BCUT2D eigenvalue weighted by Crippen LogP contribution is -2.22. The molecule has 0 spiro atoms. The van der Waals surface area contributed by atoms with Crippen LogP contribution in [0.5, 0.6) is 0 Å². The van der Waals surface area contributed by atoms with Gasteiger partial charge >= 0.3 is 0 Å². The van der Waals surface area contributed by atoms with Crippen molar-refractivity contribution < 1.29 is 0 Å².